The standard InChI is InChI=1S/C8H13N3O/c1-11-4-7(3-10-11)2-9-8-5-12-6-8/h3-4,8-9H,2,5-6H2,1H3. The maximum absolute atomic E-state index is 5.05. The minimum absolute atomic E-state index is 0.546. The molecule has 66 valence electrons. The molecule has 0 aliphatic carbocycles. The Morgan fingerprint density at radius 3 is 3.08 bits per heavy atom. The van der Waals surface area contributed by atoms with E-state index in [0.29, 0.717) is 6.04 Å². The van der Waals surface area contributed by atoms with Crippen molar-refractivity contribution in [3.8, 4) is 0 Å². The summed E-state index contributed by atoms with van der Waals surface area (Å²) in [5.74, 6) is 0. The Morgan fingerprint density at radius 2 is 2.58 bits per heavy atom. The van der Waals surface area contributed by atoms with Gasteiger partial charge in [0, 0.05) is 25.4 Å². The normalized spacial score (nSPS) is 17.8. The van der Waals surface area contributed by atoms with Gasteiger partial charge in [-0.25, -0.2) is 0 Å². The first kappa shape index (κ1) is 7.76. The van der Waals surface area contributed by atoms with E-state index in [1.54, 1.807) is 0 Å². The maximum Gasteiger partial charge on any atom is 0.0643 e. The van der Waals surface area contributed by atoms with Gasteiger partial charge in [0.15, 0.2) is 0 Å². The molecule has 1 aromatic heterocycles. The van der Waals surface area contributed by atoms with Gasteiger partial charge in [-0.15, -0.1) is 0 Å². The van der Waals surface area contributed by atoms with Crippen LogP contribution in [0.5, 0.6) is 0 Å². The van der Waals surface area contributed by atoms with E-state index in [4.69, 9.17) is 4.74 Å². The molecule has 1 aliphatic rings. The molecule has 2 rings (SSSR count). The van der Waals surface area contributed by atoms with E-state index in [1.165, 1.54) is 5.56 Å². The Morgan fingerprint density at radius 1 is 1.75 bits per heavy atom. The van der Waals surface area contributed by atoms with Gasteiger partial charge in [-0.3, -0.25) is 4.68 Å². The minimum Gasteiger partial charge on any atom is -0.378 e. The van der Waals surface area contributed by atoms with Gasteiger partial charge < -0.3 is 10.1 Å². The van der Waals surface area contributed by atoms with Crippen molar-refractivity contribution in [2.75, 3.05) is 13.2 Å². The fourth-order valence-corrected chi connectivity index (χ4v) is 1.18. The lowest BCUT2D eigenvalue weighted by Crippen LogP contribution is -2.45. The fraction of sp³-hybridized carbons (Fsp3) is 0.625. The lowest BCUT2D eigenvalue weighted by Gasteiger charge is -2.26. The summed E-state index contributed by atoms with van der Waals surface area (Å²) in [4.78, 5) is 0. The Kier molecular flexibility index (Phi) is 2.10. The van der Waals surface area contributed by atoms with Crippen LogP contribution < -0.4 is 5.32 Å². The Labute approximate surface area is 71.5 Å². The summed E-state index contributed by atoms with van der Waals surface area (Å²) >= 11 is 0. The van der Waals surface area contributed by atoms with Crippen LogP contribution in [0.25, 0.3) is 0 Å². The SMILES string of the molecule is Cn1cc(CNC2COC2)cn1. The number of nitrogens with one attached hydrogen (secondary N) is 1. The van der Waals surface area contributed by atoms with Crippen LogP contribution in [0, 0.1) is 0 Å². The lowest BCUT2D eigenvalue weighted by molar-refractivity contribution is -0.00578. The zero-order valence-corrected chi connectivity index (χ0v) is 7.16. The van der Waals surface area contributed by atoms with Crippen LogP contribution in [-0.2, 0) is 18.3 Å². The van der Waals surface area contributed by atoms with Gasteiger partial charge in [-0.2, -0.15) is 5.10 Å². The molecule has 2 heterocycles. The molecule has 1 aliphatic heterocycles. The van der Waals surface area contributed by atoms with Crippen LogP contribution in [0.3, 0.4) is 0 Å². The van der Waals surface area contributed by atoms with Crippen molar-refractivity contribution < 1.29 is 4.74 Å². The molecule has 0 aromatic carbocycles. The molecule has 1 fully saturated rings. The van der Waals surface area contributed by atoms with E-state index >= 15 is 0 Å². The number of hydrogen-bond acceptors (Lipinski definition) is 3. The molecular formula is C8H13N3O. The van der Waals surface area contributed by atoms with Gasteiger partial charge in [-0.05, 0) is 0 Å². The number of rotatable bonds is 3. The Bertz CT molecular complexity index is 255. The summed E-state index contributed by atoms with van der Waals surface area (Å²) in [6.07, 6.45) is 3.90. The first-order chi connectivity index (χ1) is 5.84. The topological polar surface area (TPSA) is 39.1 Å². The molecule has 12 heavy (non-hydrogen) atoms. The average Bonchev–Trinajstić information content (AvgIpc) is 2.32. The summed E-state index contributed by atoms with van der Waals surface area (Å²) in [6, 6.07) is 0.546. The highest BCUT2D eigenvalue weighted by atomic mass is 16.5. The lowest BCUT2D eigenvalue weighted by atomic mass is 10.2. The average molecular weight is 167 g/mol. The predicted molar refractivity (Wildman–Crippen MR) is 44.7 cm³/mol. The van der Waals surface area contributed by atoms with Crippen molar-refractivity contribution in [2.24, 2.45) is 7.05 Å². The molecule has 0 radical (unpaired) electrons. The van der Waals surface area contributed by atoms with Crippen molar-refractivity contribution in [2.45, 2.75) is 12.6 Å². The third-order valence-electron chi connectivity index (χ3n) is 1.99. The van der Waals surface area contributed by atoms with Crippen molar-refractivity contribution in [3.05, 3.63) is 18.0 Å². The first-order valence-electron chi connectivity index (χ1n) is 4.13. The van der Waals surface area contributed by atoms with Crippen LogP contribution in [0.2, 0.25) is 0 Å². The summed E-state index contributed by atoms with van der Waals surface area (Å²) in [7, 11) is 1.93. The largest absolute Gasteiger partial charge is 0.378 e. The Balaban J connectivity index is 1.79. The highest BCUT2D eigenvalue weighted by Gasteiger charge is 2.16. The molecule has 0 unspecified atom stereocenters. The van der Waals surface area contributed by atoms with Crippen molar-refractivity contribution in [1.29, 1.82) is 0 Å². The highest BCUT2D eigenvalue weighted by molar-refractivity contribution is 5.03. The van der Waals surface area contributed by atoms with Gasteiger partial charge >= 0.3 is 0 Å². The van der Waals surface area contributed by atoms with Gasteiger partial charge in [0.2, 0.25) is 0 Å². The number of aromatic nitrogens is 2. The van der Waals surface area contributed by atoms with E-state index in [-0.39, 0.29) is 0 Å². The third kappa shape index (κ3) is 1.65. The Hall–Kier alpha value is -0.870. The minimum atomic E-state index is 0.546. The number of hydrogen-bond donors (Lipinski definition) is 1. The van der Waals surface area contributed by atoms with Crippen LogP contribution in [0.1, 0.15) is 5.56 Å². The molecule has 0 saturated carbocycles. The summed E-state index contributed by atoms with van der Waals surface area (Å²) in [6.45, 7) is 2.59. The summed E-state index contributed by atoms with van der Waals surface area (Å²) < 4.78 is 6.86. The fourth-order valence-electron chi connectivity index (χ4n) is 1.18. The second kappa shape index (κ2) is 3.25. The van der Waals surface area contributed by atoms with E-state index in [0.717, 1.165) is 19.8 Å². The maximum atomic E-state index is 5.05. The zero-order chi connectivity index (χ0) is 8.39. The third-order valence-corrected chi connectivity index (χ3v) is 1.99. The molecule has 0 atom stereocenters. The molecule has 4 nitrogen and oxygen atoms in total. The molecular weight excluding hydrogens is 154 g/mol. The molecule has 0 spiro atoms. The van der Waals surface area contributed by atoms with E-state index in [9.17, 15) is 0 Å². The van der Waals surface area contributed by atoms with Gasteiger partial charge in [0.1, 0.15) is 0 Å². The quantitative estimate of drug-likeness (QED) is 0.683. The molecule has 0 bridgehead atoms. The van der Waals surface area contributed by atoms with E-state index < -0.39 is 0 Å². The van der Waals surface area contributed by atoms with Crippen molar-refractivity contribution in [3.63, 3.8) is 0 Å². The first-order valence-corrected chi connectivity index (χ1v) is 4.13. The number of aryl methyl sites for hydroxylation is 1. The predicted octanol–water partition coefficient (Wildman–Crippen LogP) is -0.0915. The molecule has 1 saturated heterocycles. The zero-order valence-electron chi connectivity index (χ0n) is 7.16. The van der Waals surface area contributed by atoms with E-state index in [1.807, 2.05) is 24.1 Å². The van der Waals surface area contributed by atoms with Gasteiger partial charge in [0.25, 0.3) is 0 Å². The molecule has 1 N–H and O–H groups in total. The monoisotopic (exact) mass is 167 g/mol. The summed E-state index contributed by atoms with van der Waals surface area (Å²) in [5, 5.41) is 7.45. The van der Waals surface area contributed by atoms with Crippen molar-refractivity contribution in [1.82, 2.24) is 15.1 Å². The van der Waals surface area contributed by atoms with Gasteiger partial charge in [-0.1, -0.05) is 0 Å². The van der Waals surface area contributed by atoms with Crippen LogP contribution in [-0.4, -0.2) is 29.0 Å². The number of nitrogens with zero attached hydrogens (tertiary/aromatic N) is 2. The second-order valence-electron chi connectivity index (χ2n) is 3.14. The molecule has 4 heteroatoms. The molecule has 0 amide bonds. The number of ether oxygens (including phenoxy) is 1. The van der Waals surface area contributed by atoms with Crippen LogP contribution >= 0.6 is 0 Å². The highest BCUT2D eigenvalue weighted by Crippen LogP contribution is 2.02. The smallest absolute Gasteiger partial charge is 0.0643 e. The van der Waals surface area contributed by atoms with E-state index in [2.05, 4.69) is 10.4 Å². The summed E-state index contributed by atoms with van der Waals surface area (Å²) in [5.41, 5.74) is 1.23. The van der Waals surface area contributed by atoms with Crippen molar-refractivity contribution >= 4 is 0 Å². The molecule has 1 aromatic rings. The van der Waals surface area contributed by atoms with Gasteiger partial charge in [0.05, 0.1) is 25.5 Å². The van der Waals surface area contributed by atoms with Crippen LogP contribution in [0.4, 0.5) is 0 Å². The second-order valence-corrected chi connectivity index (χ2v) is 3.14. The van der Waals surface area contributed by atoms with Crippen LogP contribution in [0.15, 0.2) is 12.4 Å².